The van der Waals surface area contributed by atoms with E-state index in [2.05, 4.69) is 0 Å². The predicted octanol–water partition coefficient (Wildman–Crippen LogP) is 4.54. The summed E-state index contributed by atoms with van der Waals surface area (Å²) in [5.74, 6) is 0.800. The number of nitrogens with zero attached hydrogens (tertiary/aromatic N) is 2. The van der Waals surface area contributed by atoms with Crippen LogP contribution in [-0.2, 0) is 11.0 Å². The van der Waals surface area contributed by atoms with Crippen molar-refractivity contribution < 1.29 is 22.7 Å². The molecule has 0 N–H and O–H groups in total. The van der Waals surface area contributed by atoms with E-state index in [0.29, 0.717) is 31.9 Å². The predicted molar refractivity (Wildman–Crippen MR) is 109 cm³/mol. The smallest absolute Gasteiger partial charge is 0.416 e. The molecule has 0 aromatic heterocycles. The molecular formula is C21H23F3N2O2S. The molecule has 4 nitrogen and oxygen atoms in total. The van der Waals surface area contributed by atoms with E-state index in [0.717, 1.165) is 16.7 Å². The molecule has 8 heteroatoms. The van der Waals surface area contributed by atoms with Crippen molar-refractivity contribution in [3.63, 3.8) is 0 Å². The number of benzene rings is 2. The molecule has 0 radical (unpaired) electrons. The molecule has 0 saturated carbocycles. The average Bonchev–Trinajstić information content (AvgIpc) is 2.73. The van der Waals surface area contributed by atoms with Gasteiger partial charge in [-0.2, -0.15) is 13.2 Å². The highest BCUT2D eigenvalue weighted by Gasteiger charge is 2.31. The summed E-state index contributed by atoms with van der Waals surface area (Å²) in [5.41, 5.74) is -0.120. The first-order valence-corrected chi connectivity index (χ1v) is 10.2. The Morgan fingerprint density at radius 2 is 1.72 bits per heavy atom. The maximum absolute atomic E-state index is 12.9. The lowest BCUT2D eigenvalue weighted by Gasteiger charge is -2.37. The van der Waals surface area contributed by atoms with Gasteiger partial charge < -0.3 is 14.5 Å². The quantitative estimate of drug-likeness (QED) is 0.660. The van der Waals surface area contributed by atoms with Crippen molar-refractivity contribution in [1.82, 2.24) is 4.90 Å². The minimum atomic E-state index is -4.36. The molecule has 156 valence electrons. The molecule has 1 aliphatic heterocycles. The Morgan fingerprint density at radius 3 is 2.31 bits per heavy atom. The number of carbonyl (C=O) groups excluding carboxylic acids is 1. The Bertz CT molecular complexity index is 835. The van der Waals surface area contributed by atoms with Crippen molar-refractivity contribution in [2.24, 2.45) is 0 Å². The molecule has 1 atom stereocenters. The van der Waals surface area contributed by atoms with Crippen LogP contribution in [0.4, 0.5) is 18.9 Å². The number of methoxy groups -OCH3 is 1. The number of piperazine rings is 1. The van der Waals surface area contributed by atoms with Gasteiger partial charge >= 0.3 is 6.18 Å². The highest BCUT2D eigenvalue weighted by Crippen LogP contribution is 2.32. The zero-order valence-corrected chi connectivity index (χ0v) is 17.1. The van der Waals surface area contributed by atoms with Gasteiger partial charge in [0.05, 0.1) is 17.9 Å². The monoisotopic (exact) mass is 424 g/mol. The lowest BCUT2D eigenvalue weighted by atomic mass is 10.1. The zero-order valence-electron chi connectivity index (χ0n) is 16.3. The fraction of sp³-hybridized carbons (Fsp3) is 0.381. The van der Waals surface area contributed by atoms with Crippen LogP contribution >= 0.6 is 11.8 Å². The molecule has 1 fully saturated rings. The van der Waals surface area contributed by atoms with Crippen LogP contribution in [0, 0.1) is 0 Å². The van der Waals surface area contributed by atoms with E-state index in [1.807, 2.05) is 36.1 Å². The fourth-order valence-corrected chi connectivity index (χ4v) is 4.18. The lowest BCUT2D eigenvalue weighted by molar-refractivity contribution is -0.137. The first-order valence-electron chi connectivity index (χ1n) is 9.29. The number of alkyl halides is 3. The average molecular weight is 424 g/mol. The van der Waals surface area contributed by atoms with Crippen LogP contribution in [-0.4, -0.2) is 49.3 Å². The number of amides is 1. The van der Waals surface area contributed by atoms with Crippen LogP contribution in [0.3, 0.4) is 0 Å². The van der Waals surface area contributed by atoms with Gasteiger partial charge in [-0.3, -0.25) is 4.79 Å². The summed E-state index contributed by atoms with van der Waals surface area (Å²) in [7, 11) is 1.60. The molecule has 2 aromatic carbocycles. The Kier molecular flexibility index (Phi) is 6.62. The van der Waals surface area contributed by atoms with Crippen molar-refractivity contribution in [2.45, 2.75) is 23.2 Å². The van der Waals surface area contributed by atoms with Gasteiger partial charge in [0.15, 0.2) is 0 Å². The number of anilines is 1. The molecule has 0 unspecified atom stereocenters. The van der Waals surface area contributed by atoms with Crippen LogP contribution in [0.2, 0.25) is 0 Å². The standard InChI is InChI=1S/C21H23F3N2O2S/c1-15(29-19-8-6-18(28-2)7-9-19)20(27)26-12-10-25(11-13-26)17-5-3-4-16(14-17)21(22,23)24/h3-9,14-15H,10-13H2,1-2H3/t15-/m1/s1. The summed E-state index contributed by atoms with van der Waals surface area (Å²) in [4.78, 5) is 17.4. The van der Waals surface area contributed by atoms with Crippen molar-refractivity contribution >= 4 is 23.4 Å². The summed E-state index contributed by atoms with van der Waals surface area (Å²) >= 11 is 1.48. The topological polar surface area (TPSA) is 32.8 Å². The molecule has 0 aliphatic carbocycles. The second-order valence-corrected chi connectivity index (χ2v) is 8.21. The van der Waals surface area contributed by atoms with Gasteiger partial charge in [0.25, 0.3) is 0 Å². The highest BCUT2D eigenvalue weighted by molar-refractivity contribution is 8.00. The van der Waals surface area contributed by atoms with E-state index < -0.39 is 11.7 Å². The minimum Gasteiger partial charge on any atom is -0.497 e. The maximum Gasteiger partial charge on any atom is 0.416 e. The Hall–Kier alpha value is -2.35. The number of halogens is 3. The summed E-state index contributed by atoms with van der Waals surface area (Å²) in [5, 5.41) is -0.247. The van der Waals surface area contributed by atoms with Crippen LogP contribution in [0.5, 0.6) is 5.75 Å². The van der Waals surface area contributed by atoms with Gasteiger partial charge in [-0.1, -0.05) is 6.07 Å². The molecule has 1 aliphatic rings. The van der Waals surface area contributed by atoms with Crippen LogP contribution < -0.4 is 9.64 Å². The third-order valence-electron chi connectivity index (χ3n) is 4.85. The molecule has 1 heterocycles. The van der Waals surface area contributed by atoms with E-state index in [1.165, 1.54) is 23.9 Å². The first kappa shape index (κ1) is 21.4. The Morgan fingerprint density at radius 1 is 1.07 bits per heavy atom. The van der Waals surface area contributed by atoms with E-state index >= 15 is 0 Å². The van der Waals surface area contributed by atoms with Crippen molar-refractivity contribution in [3.8, 4) is 5.75 Å². The van der Waals surface area contributed by atoms with Crippen LogP contribution in [0.25, 0.3) is 0 Å². The van der Waals surface area contributed by atoms with Crippen molar-refractivity contribution in [3.05, 3.63) is 54.1 Å². The zero-order chi connectivity index (χ0) is 21.0. The Balaban J connectivity index is 1.56. The SMILES string of the molecule is COc1ccc(S[C@H](C)C(=O)N2CCN(c3cccc(C(F)(F)F)c3)CC2)cc1. The molecule has 1 amide bonds. The minimum absolute atomic E-state index is 0.0366. The lowest BCUT2D eigenvalue weighted by Crippen LogP contribution is -2.50. The van der Waals surface area contributed by atoms with Crippen LogP contribution in [0.1, 0.15) is 12.5 Å². The molecule has 0 bridgehead atoms. The molecule has 0 spiro atoms. The van der Waals surface area contributed by atoms with Crippen LogP contribution in [0.15, 0.2) is 53.4 Å². The largest absolute Gasteiger partial charge is 0.497 e. The highest BCUT2D eigenvalue weighted by atomic mass is 32.2. The summed E-state index contributed by atoms with van der Waals surface area (Å²) in [6.07, 6.45) is -4.36. The molecule has 29 heavy (non-hydrogen) atoms. The first-order chi connectivity index (χ1) is 13.8. The van der Waals surface area contributed by atoms with E-state index in [-0.39, 0.29) is 11.2 Å². The summed E-state index contributed by atoms with van der Waals surface area (Å²) in [6, 6.07) is 12.9. The van der Waals surface area contributed by atoms with Gasteiger partial charge in [0.1, 0.15) is 5.75 Å². The van der Waals surface area contributed by atoms with Gasteiger partial charge in [-0.15, -0.1) is 11.8 Å². The number of ether oxygens (including phenoxy) is 1. The normalized spacial score (nSPS) is 15.9. The third-order valence-corrected chi connectivity index (χ3v) is 5.95. The van der Waals surface area contributed by atoms with E-state index in [4.69, 9.17) is 4.74 Å². The Labute approximate surface area is 172 Å². The molecule has 1 saturated heterocycles. The third kappa shape index (κ3) is 5.38. The van der Waals surface area contributed by atoms with Crippen molar-refractivity contribution in [1.29, 1.82) is 0 Å². The number of rotatable bonds is 5. The van der Waals surface area contributed by atoms with E-state index in [9.17, 15) is 18.0 Å². The second kappa shape index (κ2) is 8.98. The van der Waals surface area contributed by atoms with Gasteiger partial charge in [0.2, 0.25) is 5.91 Å². The molecule has 3 rings (SSSR count). The van der Waals surface area contributed by atoms with Crippen molar-refractivity contribution in [2.75, 3.05) is 38.2 Å². The van der Waals surface area contributed by atoms with Gasteiger partial charge in [-0.25, -0.2) is 0 Å². The summed E-state index contributed by atoms with van der Waals surface area (Å²) < 4.78 is 43.9. The number of hydrogen-bond acceptors (Lipinski definition) is 4. The maximum atomic E-state index is 12.9. The number of carbonyl (C=O) groups is 1. The fourth-order valence-electron chi connectivity index (χ4n) is 3.23. The van der Waals surface area contributed by atoms with Gasteiger partial charge in [0, 0.05) is 36.8 Å². The second-order valence-electron chi connectivity index (χ2n) is 6.80. The van der Waals surface area contributed by atoms with E-state index in [1.54, 1.807) is 18.1 Å². The molecule has 2 aromatic rings. The van der Waals surface area contributed by atoms with Gasteiger partial charge in [-0.05, 0) is 49.4 Å². The number of thioether (sulfide) groups is 1. The summed E-state index contributed by atoms with van der Waals surface area (Å²) in [6.45, 7) is 3.86. The molecular weight excluding hydrogens is 401 g/mol. The number of hydrogen-bond donors (Lipinski definition) is 0.